The van der Waals surface area contributed by atoms with Gasteiger partial charge in [-0.05, 0) is 107 Å². The van der Waals surface area contributed by atoms with Crippen LogP contribution in [-0.4, -0.2) is 24.6 Å². The van der Waals surface area contributed by atoms with Crippen LogP contribution in [0.1, 0.15) is 124 Å². The van der Waals surface area contributed by atoms with Crippen LogP contribution in [0.4, 0.5) is 0 Å². The molecule has 1 atom stereocenters. The lowest BCUT2D eigenvalue weighted by atomic mass is 9.83. The first-order valence-electron chi connectivity index (χ1n) is 16.4. The molecule has 3 aromatic rings. The largest absolute Gasteiger partial charge is 0.489 e. The lowest BCUT2D eigenvalue weighted by Gasteiger charge is -2.38. The minimum absolute atomic E-state index is 0.194. The third kappa shape index (κ3) is 10.6. The molecule has 3 aromatic carbocycles. The molecular formula is C39H60O4Si2. The fourth-order valence-electron chi connectivity index (χ4n) is 5.25. The first-order valence-corrected chi connectivity index (χ1v) is 19.0. The van der Waals surface area contributed by atoms with Gasteiger partial charge >= 0.3 is 0 Å². The summed E-state index contributed by atoms with van der Waals surface area (Å²) < 4.78 is 19.8. The molecule has 1 unspecified atom stereocenters. The predicted octanol–water partition coefficient (Wildman–Crippen LogP) is 9.43. The van der Waals surface area contributed by atoms with E-state index in [4.69, 9.17) is 13.6 Å². The number of aryl methyl sites for hydroxylation is 1. The molecule has 0 spiro atoms. The van der Waals surface area contributed by atoms with Gasteiger partial charge in [-0.1, -0.05) is 105 Å². The van der Waals surface area contributed by atoms with Gasteiger partial charge in [-0.2, -0.15) is 0 Å². The predicted molar refractivity (Wildman–Crippen MR) is 197 cm³/mol. The van der Waals surface area contributed by atoms with Crippen molar-refractivity contribution in [3.63, 3.8) is 0 Å². The molecule has 0 aliphatic carbocycles. The summed E-state index contributed by atoms with van der Waals surface area (Å²) >= 11 is 0. The van der Waals surface area contributed by atoms with E-state index in [2.05, 4.69) is 139 Å². The molecule has 1 N–H and O–H groups in total. The maximum absolute atomic E-state index is 10.8. The fraction of sp³-hybridized carbons (Fsp3) is 0.538. The van der Waals surface area contributed by atoms with Crippen molar-refractivity contribution in [1.29, 1.82) is 0 Å². The van der Waals surface area contributed by atoms with E-state index in [0.29, 0.717) is 6.61 Å². The monoisotopic (exact) mass is 648 g/mol. The van der Waals surface area contributed by atoms with Gasteiger partial charge in [-0.25, -0.2) is 0 Å². The van der Waals surface area contributed by atoms with Gasteiger partial charge in [0.25, 0.3) is 0 Å². The Balaban J connectivity index is 1.89. The number of aliphatic hydroxyl groups excluding tert-OH is 1. The van der Waals surface area contributed by atoms with Crippen LogP contribution in [0.15, 0.2) is 60.7 Å². The molecule has 0 heterocycles. The molecule has 0 radical (unpaired) electrons. The zero-order valence-electron chi connectivity index (χ0n) is 30.6. The van der Waals surface area contributed by atoms with Gasteiger partial charge in [0.05, 0.1) is 17.3 Å². The Kier molecular flexibility index (Phi) is 11.5. The topological polar surface area (TPSA) is 47.9 Å². The third-order valence-corrected chi connectivity index (χ3v) is 11.5. The van der Waals surface area contributed by atoms with E-state index in [0.717, 1.165) is 33.6 Å². The normalized spacial score (nSPS) is 14.6. The molecule has 0 aliphatic rings. The van der Waals surface area contributed by atoms with Crippen LogP contribution in [0.5, 0.6) is 5.75 Å². The maximum atomic E-state index is 10.8. The summed E-state index contributed by atoms with van der Waals surface area (Å²) in [6.07, 6.45) is -0.514. The molecule has 0 saturated carbocycles. The molecule has 0 fully saturated rings. The third-order valence-electron chi connectivity index (χ3n) is 8.05. The first-order chi connectivity index (χ1) is 20.5. The number of hydrogen-bond donors (Lipinski definition) is 1. The van der Waals surface area contributed by atoms with Gasteiger partial charge in [-0.15, -0.1) is 0 Å². The SMILES string of the molecule is Cc1cc(C(O)C(C)(C)C)ccc1-c1cccc(OCc2ccc(C(C)(C)O[SiH2]C(C)(C)C)c(C(C)(C)O[SiH2]C(C)(C)C)c2)c1. The second kappa shape index (κ2) is 13.9. The summed E-state index contributed by atoms with van der Waals surface area (Å²) in [5.74, 6) is 0.826. The highest BCUT2D eigenvalue weighted by Crippen LogP contribution is 2.39. The molecule has 0 aliphatic heterocycles. The minimum atomic E-state index is -0.783. The van der Waals surface area contributed by atoms with Gasteiger partial charge in [0, 0.05) is 0 Å². The average molecular weight is 649 g/mol. The van der Waals surface area contributed by atoms with Crippen molar-refractivity contribution >= 4 is 19.5 Å². The summed E-state index contributed by atoms with van der Waals surface area (Å²) in [7, 11) is -1.54. The summed E-state index contributed by atoms with van der Waals surface area (Å²) in [4.78, 5) is 0. The van der Waals surface area contributed by atoms with E-state index in [9.17, 15) is 5.11 Å². The smallest absolute Gasteiger partial charge is 0.168 e. The molecule has 0 aromatic heterocycles. The lowest BCUT2D eigenvalue weighted by molar-refractivity contribution is 0.0626. The van der Waals surface area contributed by atoms with Gasteiger partial charge in [0.1, 0.15) is 12.4 Å². The summed E-state index contributed by atoms with van der Waals surface area (Å²) in [6, 6.07) is 21.2. The van der Waals surface area contributed by atoms with E-state index >= 15 is 0 Å². The standard InChI is InChI=1S/C39H60O4Si2/c1-26-22-29(34(40)35(2,3)4)19-20-31(26)28-16-15-17-30(24-28)41-25-27-18-21-32(38(11,12)42-44-36(5,6)7)33(23-27)39(13,14)43-45-37(8,9)10/h15-24,34,40H,25,44-45H2,1-14H3. The quantitative estimate of drug-likeness (QED) is 0.211. The molecule has 0 bridgehead atoms. The van der Waals surface area contributed by atoms with E-state index in [1.807, 2.05) is 18.2 Å². The summed E-state index contributed by atoms with van der Waals surface area (Å²) in [5, 5.41) is 11.2. The van der Waals surface area contributed by atoms with Crippen molar-refractivity contribution in [2.75, 3.05) is 0 Å². The van der Waals surface area contributed by atoms with Crippen LogP contribution >= 0.6 is 0 Å². The Bertz CT molecular complexity index is 1440. The molecule has 248 valence electrons. The van der Waals surface area contributed by atoms with Crippen LogP contribution < -0.4 is 4.74 Å². The van der Waals surface area contributed by atoms with E-state index in [1.165, 1.54) is 11.1 Å². The second-order valence-electron chi connectivity index (χ2n) is 17.3. The molecule has 0 saturated heterocycles. The van der Waals surface area contributed by atoms with Crippen molar-refractivity contribution in [2.45, 2.75) is 131 Å². The van der Waals surface area contributed by atoms with Gasteiger partial charge in [0.15, 0.2) is 19.5 Å². The van der Waals surface area contributed by atoms with Crippen molar-refractivity contribution in [3.05, 3.63) is 88.5 Å². The molecule has 4 nitrogen and oxygen atoms in total. The molecule has 45 heavy (non-hydrogen) atoms. The van der Waals surface area contributed by atoms with Crippen molar-refractivity contribution < 1.29 is 18.7 Å². The maximum Gasteiger partial charge on any atom is 0.168 e. The van der Waals surface area contributed by atoms with Crippen molar-refractivity contribution in [3.8, 4) is 16.9 Å². The number of rotatable bonds is 11. The molecule has 6 heteroatoms. The Morgan fingerprint density at radius 3 is 1.78 bits per heavy atom. The first kappa shape index (κ1) is 37.2. The average Bonchev–Trinajstić information content (AvgIpc) is 2.92. The number of hydrogen-bond acceptors (Lipinski definition) is 4. The number of aliphatic hydroxyl groups is 1. The summed E-state index contributed by atoms with van der Waals surface area (Å²) in [6.45, 7) is 31.1. The summed E-state index contributed by atoms with van der Waals surface area (Å²) in [5.41, 5.74) is 6.71. The zero-order valence-corrected chi connectivity index (χ0v) is 33.5. The second-order valence-corrected chi connectivity index (χ2v) is 22.7. The lowest BCUT2D eigenvalue weighted by Crippen LogP contribution is -2.34. The Morgan fingerprint density at radius 1 is 0.667 bits per heavy atom. The van der Waals surface area contributed by atoms with Gasteiger partial charge < -0.3 is 18.7 Å². The highest BCUT2D eigenvalue weighted by Gasteiger charge is 2.34. The van der Waals surface area contributed by atoms with E-state index in [-0.39, 0.29) is 15.5 Å². The molecule has 3 rings (SSSR count). The van der Waals surface area contributed by atoms with Crippen LogP contribution in [0.25, 0.3) is 11.1 Å². The van der Waals surface area contributed by atoms with Crippen LogP contribution in [0.3, 0.4) is 0 Å². The minimum Gasteiger partial charge on any atom is -0.489 e. The van der Waals surface area contributed by atoms with Gasteiger partial charge in [-0.3, -0.25) is 0 Å². The number of benzene rings is 3. The Hall–Kier alpha value is -2.23. The van der Waals surface area contributed by atoms with E-state index < -0.39 is 36.8 Å². The fourth-order valence-corrected chi connectivity index (χ4v) is 7.15. The van der Waals surface area contributed by atoms with Gasteiger partial charge in [0.2, 0.25) is 0 Å². The molecule has 0 amide bonds. The van der Waals surface area contributed by atoms with E-state index in [1.54, 1.807) is 0 Å². The molecular weight excluding hydrogens is 589 g/mol. The highest BCUT2D eigenvalue weighted by atomic mass is 28.2. The van der Waals surface area contributed by atoms with Crippen molar-refractivity contribution in [2.24, 2.45) is 5.41 Å². The Labute approximate surface area is 279 Å². The van der Waals surface area contributed by atoms with Crippen LogP contribution in [0.2, 0.25) is 10.1 Å². The Morgan fingerprint density at radius 2 is 1.24 bits per heavy atom. The van der Waals surface area contributed by atoms with Crippen LogP contribution in [-0.2, 0) is 26.7 Å². The number of ether oxygens (including phenoxy) is 1. The highest BCUT2D eigenvalue weighted by molar-refractivity contribution is 6.32. The zero-order chi connectivity index (χ0) is 34.0. The van der Waals surface area contributed by atoms with Crippen LogP contribution in [0, 0.1) is 12.3 Å². The van der Waals surface area contributed by atoms with Crippen molar-refractivity contribution in [1.82, 2.24) is 0 Å².